The fraction of sp³-hybridized carbons (Fsp3) is 0.250. The number of carbonyl (C=O) groups excluding carboxylic acids is 1. The van der Waals surface area contributed by atoms with Gasteiger partial charge in [0.05, 0.1) is 22.5 Å². The average molecular weight is 482 g/mol. The molecular weight excluding hydrogens is 458 g/mol. The number of aromatic nitrogens is 2. The summed E-state index contributed by atoms with van der Waals surface area (Å²) in [6.07, 6.45) is 3.56. The van der Waals surface area contributed by atoms with Crippen LogP contribution in [0, 0.1) is 0 Å². The number of thiophene rings is 1. The molecule has 4 heterocycles. The molecule has 0 radical (unpaired) electrons. The first-order valence-electron chi connectivity index (χ1n) is 10.8. The second-order valence-electron chi connectivity index (χ2n) is 7.95. The topological polar surface area (TPSA) is 84.9 Å². The number of pyridine rings is 1. The van der Waals surface area contributed by atoms with Crippen molar-refractivity contribution in [3.8, 4) is 16.3 Å². The normalized spacial score (nSPS) is 15.0. The van der Waals surface area contributed by atoms with Crippen molar-refractivity contribution in [3.05, 3.63) is 70.3 Å². The molecule has 3 aromatic heterocycles. The van der Waals surface area contributed by atoms with Gasteiger partial charge < -0.3 is 20.7 Å². The lowest BCUT2D eigenvalue weighted by Gasteiger charge is -2.29. The van der Waals surface area contributed by atoms with Crippen LogP contribution in [0.4, 0.5) is 5.69 Å². The first-order valence-corrected chi connectivity index (χ1v) is 12.0. The van der Waals surface area contributed by atoms with E-state index in [1.165, 1.54) is 11.3 Å². The van der Waals surface area contributed by atoms with Crippen LogP contribution in [0.1, 0.15) is 28.3 Å². The van der Waals surface area contributed by atoms with Crippen molar-refractivity contribution >= 4 is 40.2 Å². The lowest BCUT2D eigenvalue weighted by Crippen LogP contribution is -2.43. The van der Waals surface area contributed by atoms with Crippen LogP contribution in [0.5, 0.6) is 5.75 Å². The summed E-state index contributed by atoms with van der Waals surface area (Å²) in [5, 5.41) is 3.99. The Hall–Kier alpha value is -3.07. The molecular formula is C24H24ClN5O2S. The smallest absolute Gasteiger partial charge is 0.262 e. The first kappa shape index (κ1) is 21.8. The number of nitrogens with zero attached hydrogens (tertiary/aromatic N) is 3. The van der Waals surface area contributed by atoms with Gasteiger partial charge in [0, 0.05) is 49.0 Å². The summed E-state index contributed by atoms with van der Waals surface area (Å²) in [4.78, 5) is 20.3. The van der Waals surface area contributed by atoms with Gasteiger partial charge in [0.15, 0.2) is 0 Å². The number of imidazole rings is 1. The third-order valence-corrected chi connectivity index (χ3v) is 7.29. The molecule has 170 valence electrons. The fourth-order valence-electron chi connectivity index (χ4n) is 4.08. The Morgan fingerprint density at radius 3 is 2.79 bits per heavy atom. The SMILES string of the molecule is CC(Oc1cc(-c2cnc3ccc(N4CCNCC4)cn23)sc1C(N)=O)c1ccccc1Cl. The molecule has 0 spiro atoms. The summed E-state index contributed by atoms with van der Waals surface area (Å²) in [5.41, 5.74) is 9.39. The summed E-state index contributed by atoms with van der Waals surface area (Å²) >= 11 is 7.64. The molecule has 1 aliphatic rings. The van der Waals surface area contributed by atoms with Gasteiger partial charge in [-0.25, -0.2) is 4.98 Å². The number of piperazine rings is 1. The summed E-state index contributed by atoms with van der Waals surface area (Å²) in [6.45, 7) is 5.74. The summed E-state index contributed by atoms with van der Waals surface area (Å²) in [7, 11) is 0. The summed E-state index contributed by atoms with van der Waals surface area (Å²) < 4.78 is 8.21. The van der Waals surface area contributed by atoms with Crippen molar-refractivity contribution in [1.82, 2.24) is 14.7 Å². The number of hydrogen-bond acceptors (Lipinski definition) is 6. The quantitative estimate of drug-likeness (QED) is 0.427. The Labute approximate surface area is 200 Å². The number of nitrogens with one attached hydrogen (secondary N) is 1. The predicted molar refractivity (Wildman–Crippen MR) is 133 cm³/mol. The van der Waals surface area contributed by atoms with E-state index in [0.29, 0.717) is 15.6 Å². The van der Waals surface area contributed by atoms with Gasteiger partial charge in [-0.3, -0.25) is 9.20 Å². The monoisotopic (exact) mass is 481 g/mol. The molecule has 4 aromatic rings. The minimum Gasteiger partial charge on any atom is -0.484 e. The van der Waals surface area contributed by atoms with Crippen LogP contribution in [0.15, 0.2) is 54.9 Å². The van der Waals surface area contributed by atoms with Crippen LogP contribution < -0.4 is 20.7 Å². The zero-order valence-electron chi connectivity index (χ0n) is 18.1. The highest BCUT2D eigenvalue weighted by atomic mass is 35.5. The molecule has 1 unspecified atom stereocenters. The van der Waals surface area contributed by atoms with Gasteiger partial charge in [-0.1, -0.05) is 29.8 Å². The fourth-order valence-corrected chi connectivity index (χ4v) is 5.32. The minimum absolute atomic E-state index is 0.347. The molecule has 1 aromatic carbocycles. The van der Waals surface area contributed by atoms with E-state index in [0.717, 1.165) is 53.6 Å². The molecule has 1 atom stereocenters. The number of halogens is 1. The number of amides is 1. The number of nitrogens with two attached hydrogens (primary N) is 1. The molecule has 1 aliphatic heterocycles. The van der Waals surface area contributed by atoms with Crippen LogP contribution >= 0.6 is 22.9 Å². The van der Waals surface area contributed by atoms with E-state index in [1.807, 2.05) is 49.5 Å². The van der Waals surface area contributed by atoms with Crippen molar-refractivity contribution in [2.24, 2.45) is 5.73 Å². The Morgan fingerprint density at radius 1 is 1.24 bits per heavy atom. The number of anilines is 1. The highest BCUT2D eigenvalue weighted by molar-refractivity contribution is 7.17. The molecule has 0 saturated carbocycles. The zero-order chi connectivity index (χ0) is 22.9. The third-order valence-electron chi connectivity index (χ3n) is 5.79. The maximum Gasteiger partial charge on any atom is 0.262 e. The number of rotatable bonds is 6. The Bertz CT molecular complexity index is 1310. The van der Waals surface area contributed by atoms with Gasteiger partial charge in [-0.15, -0.1) is 11.3 Å². The van der Waals surface area contributed by atoms with Gasteiger partial charge in [0.1, 0.15) is 22.4 Å². The molecule has 0 bridgehead atoms. The number of ether oxygens (including phenoxy) is 1. The van der Waals surface area contributed by atoms with E-state index in [-0.39, 0.29) is 6.10 Å². The number of benzene rings is 1. The Kier molecular flexibility index (Phi) is 5.97. The second-order valence-corrected chi connectivity index (χ2v) is 9.41. The molecule has 33 heavy (non-hydrogen) atoms. The van der Waals surface area contributed by atoms with Gasteiger partial charge in [0.2, 0.25) is 0 Å². The third kappa shape index (κ3) is 4.29. The first-order chi connectivity index (χ1) is 16.0. The lowest BCUT2D eigenvalue weighted by molar-refractivity contribution is 0.0998. The molecule has 9 heteroatoms. The molecule has 1 saturated heterocycles. The largest absolute Gasteiger partial charge is 0.484 e. The maximum absolute atomic E-state index is 12.2. The van der Waals surface area contributed by atoms with Gasteiger partial charge >= 0.3 is 0 Å². The number of fused-ring (bicyclic) bond motifs is 1. The molecule has 0 aliphatic carbocycles. The number of hydrogen-bond donors (Lipinski definition) is 2. The zero-order valence-corrected chi connectivity index (χ0v) is 19.7. The molecule has 5 rings (SSSR count). The highest BCUT2D eigenvalue weighted by Gasteiger charge is 2.22. The van der Waals surface area contributed by atoms with Gasteiger partial charge in [-0.05, 0) is 25.1 Å². The van der Waals surface area contributed by atoms with Crippen LogP contribution in [0.2, 0.25) is 5.02 Å². The van der Waals surface area contributed by atoms with Crippen LogP contribution in [0.3, 0.4) is 0 Å². The van der Waals surface area contributed by atoms with Gasteiger partial charge in [-0.2, -0.15) is 0 Å². The van der Waals surface area contributed by atoms with Crippen LogP contribution in [0.25, 0.3) is 16.2 Å². The van der Waals surface area contributed by atoms with Crippen LogP contribution in [-0.4, -0.2) is 41.5 Å². The van der Waals surface area contributed by atoms with Crippen molar-refractivity contribution in [2.45, 2.75) is 13.0 Å². The van der Waals surface area contributed by atoms with E-state index in [1.54, 1.807) is 0 Å². The van der Waals surface area contributed by atoms with Crippen molar-refractivity contribution < 1.29 is 9.53 Å². The van der Waals surface area contributed by atoms with E-state index < -0.39 is 5.91 Å². The van der Waals surface area contributed by atoms with Gasteiger partial charge in [0.25, 0.3) is 5.91 Å². The Morgan fingerprint density at radius 2 is 2.03 bits per heavy atom. The highest BCUT2D eigenvalue weighted by Crippen LogP contribution is 2.39. The van der Waals surface area contributed by atoms with Crippen LogP contribution in [-0.2, 0) is 0 Å². The van der Waals surface area contributed by atoms with Crippen molar-refractivity contribution in [1.29, 1.82) is 0 Å². The average Bonchev–Trinajstić information content (AvgIpc) is 3.43. The number of primary amides is 1. The lowest BCUT2D eigenvalue weighted by atomic mass is 10.1. The van der Waals surface area contributed by atoms with E-state index in [4.69, 9.17) is 22.1 Å². The summed E-state index contributed by atoms with van der Waals surface area (Å²) in [5.74, 6) is -0.0777. The van der Waals surface area contributed by atoms with E-state index in [9.17, 15) is 4.79 Å². The van der Waals surface area contributed by atoms with E-state index in [2.05, 4.69) is 31.9 Å². The predicted octanol–water partition coefficient (Wildman–Crippen LogP) is 4.36. The van der Waals surface area contributed by atoms with E-state index >= 15 is 0 Å². The summed E-state index contributed by atoms with van der Waals surface area (Å²) in [6, 6.07) is 13.5. The molecule has 1 fully saturated rings. The second kappa shape index (κ2) is 9.05. The Balaban J connectivity index is 1.50. The molecule has 7 nitrogen and oxygen atoms in total. The minimum atomic E-state index is -0.525. The number of carbonyl (C=O) groups is 1. The standard InChI is InChI=1S/C24H24ClN5O2S/c1-15(17-4-2-3-5-18(17)25)32-20-12-21(33-23(20)24(26)31)19-13-28-22-7-6-16(14-30(19)22)29-10-8-27-9-11-29/h2-7,12-15,27H,8-11H2,1H3,(H2,26,31). The maximum atomic E-state index is 12.2. The molecule has 1 amide bonds. The van der Waals surface area contributed by atoms with Crippen molar-refractivity contribution in [3.63, 3.8) is 0 Å². The molecule has 3 N–H and O–H groups in total. The van der Waals surface area contributed by atoms with Crippen molar-refractivity contribution in [2.75, 3.05) is 31.1 Å².